The highest BCUT2D eigenvalue weighted by molar-refractivity contribution is 6.30. The number of halogens is 1. The average molecular weight is 365 g/mol. The number of aromatic nitrogens is 1. The number of ether oxygens (including phenoxy) is 1. The second-order valence-corrected chi connectivity index (χ2v) is 6.53. The molecule has 5 heteroatoms. The molecule has 1 aromatic heterocycles. The van der Waals surface area contributed by atoms with Crippen molar-refractivity contribution in [2.24, 2.45) is 0 Å². The monoisotopic (exact) mass is 364 g/mol. The van der Waals surface area contributed by atoms with Gasteiger partial charge < -0.3 is 9.64 Å². The van der Waals surface area contributed by atoms with Crippen molar-refractivity contribution >= 4 is 17.5 Å². The molecule has 4 nitrogen and oxygen atoms in total. The van der Waals surface area contributed by atoms with Crippen molar-refractivity contribution in [2.45, 2.75) is 6.54 Å². The number of rotatable bonds is 2. The predicted molar refractivity (Wildman–Crippen MR) is 101 cm³/mol. The van der Waals surface area contributed by atoms with Crippen LogP contribution in [0, 0.1) is 0 Å². The van der Waals surface area contributed by atoms with Gasteiger partial charge in [0.25, 0.3) is 5.91 Å². The van der Waals surface area contributed by atoms with Gasteiger partial charge in [0.15, 0.2) is 0 Å². The molecule has 3 aromatic rings. The van der Waals surface area contributed by atoms with E-state index in [4.69, 9.17) is 16.3 Å². The Hall–Kier alpha value is -2.85. The molecule has 2 aromatic carbocycles. The molecule has 130 valence electrons. The van der Waals surface area contributed by atoms with Crippen LogP contribution in [0.15, 0.2) is 66.9 Å². The molecule has 0 spiro atoms. The molecule has 0 radical (unpaired) electrons. The van der Waals surface area contributed by atoms with Gasteiger partial charge in [0.2, 0.25) is 5.88 Å². The molecule has 0 atom stereocenters. The van der Waals surface area contributed by atoms with Crippen molar-refractivity contribution in [2.75, 3.05) is 13.2 Å². The molecule has 2 heterocycles. The molecule has 26 heavy (non-hydrogen) atoms. The van der Waals surface area contributed by atoms with Crippen molar-refractivity contribution in [1.82, 2.24) is 9.88 Å². The fourth-order valence-corrected chi connectivity index (χ4v) is 3.24. The number of nitrogens with zero attached hydrogens (tertiary/aromatic N) is 2. The standard InChI is InChI=1S/C21H17ClN2O2/c22-17-8-6-16(7-9-17)21(25)24-12-13-26-20-19(14-24)18(10-11-23-20)15-4-2-1-3-5-15/h1-11H,12-14H2. The summed E-state index contributed by atoms with van der Waals surface area (Å²) >= 11 is 5.93. The second kappa shape index (κ2) is 7.18. The zero-order chi connectivity index (χ0) is 17.9. The van der Waals surface area contributed by atoms with Crippen molar-refractivity contribution in [3.05, 3.63) is 83.0 Å². The van der Waals surface area contributed by atoms with E-state index >= 15 is 0 Å². The normalized spacial score (nSPS) is 13.5. The summed E-state index contributed by atoms with van der Waals surface area (Å²) < 4.78 is 5.82. The Balaban J connectivity index is 1.70. The summed E-state index contributed by atoms with van der Waals surface area (Å²) in [5, 5.41) is 0.613. The van der Waals surface area contributed by atoms with Crippen molar-refractivity contribution in [1.29, 1.82) is 0 Å². The van der Waals surface area contributed by atoms with Gasteiger partial charge in [0, 0.05) is 22.3 Å². The fourth-order valence-electron chi connectivity index (χ4n) is 3.11. The number of hydrogen-bond acceptors (Lipinski definition) is 3. The molecule has 0 N–H and O–H groups in total. The smallest absolute Gasteiger partial charge is 0.254 e. The summed E-state index contributed by atoms with van der Waals surface area (Å²) in [7, 11) is 0. The summed E-state index contributed by atoms with van der Waals surface area (Å²) in [6, 6.07) is 19.0. The van der Waals surface area contributed by atoms with Crippen LogP contribution in [0.3, 0.4) is 0 Å². The second-order valence-electron chi connectivity index (χ2n) is 6.09. The third-order valence-electron chi connectivity index (χ3n) is 4.43. The Morgan fingerprint density at radius 3 is 2.58 bits per heavy atom. The maximum absolute atomic E-state index is 12.9. The molecule has 0 saturated carbocycles. The minimum atomic E-state index is -0.0408. The number of carbonyl (C=O) groups is 1. The van der Waals surface area contributed by atoms with Crippen molar-refractivity contribution < 1.29 is 9.53 Å². The van der Waals surface area contributed by atoms with E-state index < -0.39 is 0 Å². The van der Waals surface area contributed by atoms with Crippen LogP contribution in [0.4, 0.5) is 0 Å². The third kappa shape index (κ3) is 3.28. The lowest BCUT2D eigenvalue weighted by Crippen LogP contribution is -2.32. The molecule has 0 fully saturated rings. The maximum atomic E-state index is 12.9. The van der Waals surface area contributed by atoms with Gasteiger partial charge in [-0.25, -0.2) is 4.98 Å². The van der Waals surface area contributed by atoms with Crippen LogP contribution in [0.25, 0.3) is 11.1 Å². The van der Waals surface area contributed by atoms with Crippen molar-refractivity contribution in [3.63, 3.8) is 0 Å². The summed E-state index contributed by atoms with van der Waals surface area (Å²) in [6.45, 7) is 1.37. The molecule has 0 bridgehead atoms. The Bertz CT molecular complexity index is 927. The van der Waals surface area contributed by atoms with Crippen LogP contribution >= 0.6 is 11.6 Å². The van der Waals surface area contributed by atoms with Crippen LogP contribution in [0.2, 0.25) is 5.02 Å². The lowest BCUT2D eigenvalue weighted by Gasteiger charge is -2.21. The van der Waals surface area contributed by atoms with E-state index in [0.29, 0.717) is 36.2 Å². The Morgan fingerprint density at radius 1 is 1.04 bits per heavy atom. The van der Waals surface area contributed by atoms with Crippen LogP contribution < -0.4 is 4.74 Å². The van der Waals surface area contributed by atoms with E-state index in [1.807, 2.05) is 36.4 Å². The SMILES string of the molecule is O=C(c1ccc(Cl)cc1)N1CCOc2nccc(-c3ccccc3)c2C1. The van der Waals surface area contributed by atoms with Crippen LogP contribution in [-0.4, -0.2) is 28.9 Å². The quantitative estimate of drug-likeness (QED) is 0.675. The number of fused-ring (bicyclic) bond motifs is 1. The van der Waals surface area contributed by atoms with Crippen LogP contribution in [-0.2, 0) is 6.54 Å². The largest absolute Gasteiger partial charge is 0.476 e. The average Bonchev–Trinajstić information content (AvgIpc) is 2.91. The Morgan fingerprint density at radius 2 is 1.81 bits per heavy atom. The molecule has 0 saturated heterocycles. The molecular formula is C21H17ClN2O2. The highest BCUT2D eigenvalue weighted by atomic mass is 35.5. The van der Waals surface area contributed by atoms with Gasteiger partial charge in [-0.3, -0.25) is 4.79 Å². The van der Waals surface area contributed by atoms with E-state index in [0.717, 1.165) is 16.7 Å². The number of pyridine rings is 1. The van der Waals surface area contributed by atoms with Gasteiger partial charge >= 0.3 is 0 Å². The van der Waals surface area contributed by atoms with E-state index in [1.165, 1.54) is 0 Å². The van der Waals surface area contributed by atoms with E-state index in [-0.39, 0.29) is 5.91 Å². The van der Waals surface area contributed by atoms with Gasteiger partial charge in [-0.2, -0.15) is 0 Å². The summed E-state index contributed by atoms with van der Waals surface area (Å²) in [4.78, 5) is 19.1. The van der Waals surface area contributed by atoms with E-state index in [2.05, 4.69) is 4.98 Å². The zero-order valence-corrected chi connectivity index (χ0v) is 14.8. The topological polar surface area (TPSA) is 42.4 Å². The highest BCUT2D eigenvalue weighted by Gasteiger charge is 2.24. The third-order valence-corrected chi connectivity index (χ3v) is 4.68. The van der Waals surface area contributed by atoms with Crippen molar-refractivity contribution in [3.8, 4) is 17.0 Å². The molecule has 1 aliphatic heterocycles. The van der Waals surface area contributed by atoms with E-state index in [1.54, 1.807) is 35.4 Å². The summed E-state index contributed by atoms with van der Waals surface area (Å²) in [5.41, 5.74) is 3.66. The number of carbonyl (C=O) groups excluding carboxylic acids is 1. The molecule has 0 aliphatic carbocycles. The maximum Gasteiger partial charge on any atom is 0.254 e. The van der Waals surface area contributed by atoms with Gasteiger partial charge in [-0.05, 0) is 41.5 Å². The molecule has 0 unspecified atom stereocenters. The number of hydrogen-bond donors (Lipinski definition) is 0. The molecule has 1 amide bonds. The minimum absolute atomic E-state index is 0.0408. The molecule has 1 aliphatic rings. The molecule has 4 rings (SSSR count). The summed E-state index contributed by atoms with van der Waals surface area (Å²) in [5.74, 6) is 0.554. The molecular weight excluding hydrogens is 348 g/mol. The van der Waals surface area contributed by atoms with Crippen LogP contribution in [0.1, 0.15) is 15.9 Å². The first-order valence-corrected chi connectivity index (χ1v) is 8.81. The van der Waals surface area contributed by atoms with Gasteiger partial charge in [0.05, 0.1) is 13.1 Å². The number of benzene rings is 2. The van der Waals surface area contributed by atoms with Gasteiger partial charge in [-0.15, -0.1) is 0 Å². The van der Waals surface area contributed by atoms with Crippen LogP contribution in [0.5, 0.6) is 5.88 Å². The van der Waals surface area contributed by atoms with Gasteiger partial charge in [0.1, 0.15) is 6.61 Å². The summed E-state index contributed by atoms with van der Waals surface area (Å²) in [6.07, 6.45) is 1.75. The first kappa shape index (κ1) is 16.6. The minimum Gasteiger partial charge on any atom is -0.476 e. The Labute approximate surface area is 157 Å². The first-order valence-electron chi connectivity index (χ1n) is 8.43. The number of amides is 1. The first-order chi connectivity index (χ1) is 12.7. The lowest BCUT2D eigenvalue weighted by atomic mass is 10.0. The highest BCUT2D eigenvalue weighted by Crippen LogP contribution is 2.32. The van der Waals surface area contributed by atoms with Gasteiger partial charge in [-0.1, -0.05) is 41.9 Å². The Kier molecular flexibility index (Phi) is 4.59. The zero-order valence-electron chi connectivity index (χ0n) is 14.1. The predicted octanol–water partition coefficient (Wildman–Crippen LogP) is 4.44. The lowest BCUT2D eigenvalue weighted by molar-refractivity contribution is 0.0733. The fraction of sp³-hybridized carbons (Fsp3) is 0.143. The van der Waals surface area contributed by atoms with E-state index in [9.17, 15) is 4.79 Å².